The molecule has 0 radical (unpaired) electrons. The van der Waals surface area contributed by atoms with Gasteiger partial charge in [-0.25, -0.2) is 22.5 Å². The summed E-state index contributed by atoms with van der Waals surface area (Å²) in [6, 6.07) is 7.38. The molecule has 2 heterocycles. The van der Waals surface area contributed by atoms with E-state index >= 15 is 4.39 Å². The van der Waals surface area contributed by atoms with E-state index in [9.17, 15) is 17.2 Å². The predicted molar refractivity (Wildman–Crippen MR) is 99.3 cm³/mol. The Labute approximate surface area is 167 Å². The maximum Gasteiger partial charge on any atom is 0.314 e. The van der Waals surface area contributed by atoms with Gasteiger partial charge in [0.1, 0.15) is 11.3 Å². The van der Waals surface area contributed by atoms with Gasteiger partial charge in [0, 0.05) is 23.2 Å². The first-order valence-corrected chi connectivity index (χ1v) is 10.3. The summed E-state index contributed by atoms with van der Waals surface area (Å²) in [4.78, 5) is 3.99. The van der Waals surface area contributed by atoms with Gasteiger partial charge in [-0.05, 0) is 23.8 Å². The van der Waals surface area contributed by atoms with Crippen molar-refractivity contribution in [2.45, 2.75) is 13.0 Å². The molecule has 0 atom stereocenters. The van der Waals surface area contributed by atoms with Gasteiger partial charge in [0.05, 0.1) is 6.26 Å². The van der Waals surface area contributed by atoms with Crippen LogP contribution in [0.25, 0.3) is 33.7 Å². The van der Waals surface area contributed by atoms with Gasteiger partial charge in [0.25, 0.3) is 5.89 Å². The molecule has 2 aromatic carbocycles. The molecule has 4 rings (SSSR count). The first kappa shape index (κ1) is 20.0. The van der Waals surface area contributed by atoms with Crippen LogP contribution in [-0.2, 0) is 16.6 Å². The Morgan fingerprint density at radius 3 is 2.67 bits per heavy atom. The van der Waals surface area contributed by atoms with Crippen molar-refractivity contribution in [3.63, 3.8) is 0 Å². The Balaban J connectivity index is 1.89. The summed E-state index contributed by atoms with van der Waals surface area (Å²) in [5.41, 5.74) is 1.29. The summed E-state index contributed by atoms with van der Waals surface area (Å²) in [5, 5.41) is 6.87. The maximum absolute atomic E-state index is 15.5. The summed E-state index contributed by atoms with van der Waals surface area (Å²) < 4.78 is 76.4. The largest absolute Gasteiger partial charge is 0.443 e. The minimum absolute atomic E-state index is 0.0328. The number of nitrogens with one attached hydrogen (secondary N) is 1. The summed E-state index contributed by atoms with van der Waals surface area (Å²) in [6.07, 6.45) is -0.809. The minimum atomic E-state index is -3.57. The molecule has 0 fully saturated rings. The molecule has 0 aliphatic rings. The summed E-state index contributed by atoms with van der Waals surface area (Å²) in [5.74, 6) is -1.98. The highest BCUT2D eigenvalue weighted by molar-refractivity contribution is 7.88. The van der Waals surface area contributed by atoms with Crippen LogP contribution in [0.2, 0.25) is 0 Å². The quantitative estimate of drug-likeness (QED) is 0.489. The monoisotopic (exact) mass is 438 g/mol. The fourth-order valence-corrected chi connectivity index (χ4v) is 3.28. The number of hydrogen-bond donors (Lipinski definition) is 1. The van der Waals surface area contributed by atoms with Crippen LogP contribution < -0.4 is 4.72 Å². The van der Waals surface area contributed by atoms with E-state index in [-0.39, 0.29) is 29.1 Å². The van der Waals surface area contributed by atoms with Crippen LogP contribution in [0.4, 0.5) is 13.2 Å². The molecule has 0 aliphatic carbocycles. The number of oxazole rings is 1. The van der Waals surface area contributed by atoms with E-state index < -0.39 is 28.2 Å². The van der Waals surface area contributed by atoms with Gasteiger partial charge in [-0.15, -0.1) is 10.2 Å². The van der Waals surface area contributed by atoms with Crippen molar-refractivity contribution in [3.8, 4) is 22.6 Å². The zero-order valence-corrected chi connectivity index (χ0v) is 16.1. The van der Waals surface area contributed by atoms with Crippen molar-refractivity contribution < 1.29 is 30.4 Å². The molecule has 12 heteroatoms. The summed E-state index contributed by atoms with van der Waals surface area (Å²) in [6.45, 7) is -0.311. The van der Waals surface area contributed by atoms with E-state index in [0.717, 1.165) is 6.26 Å². The third kappa shape index (κ3) is 3.91. The van der Waals surface area contributed by atoms with E-state index in [2.05, 4.69) is 19.9 Å². The van der Waals surface area contributed by atoms with E-state index in [1.807, 2.05) is 0 Å². The molecule has 0 spiro atoms. The Morgan fingerprint density at radius 1 is 1.17 bits per heavy atom. The molecule has 2 aromatic heterocycles. The van der Waals surface area contributed by atoms with Gasteiger partial charge in [0.2, 0.25) is 15.9 Å². The number of alkyl halides is 2. The Hall–Kier alpha value is -3.25. The van der Waals surface area contributed by atoms with Crippen LogP contribution in [0.1, 0.15) is 17.9 Å². The lowest BCUT2D eigenvalue weighted by Gasteiger charge is -2.13. The molecule has 0 bridgehead atoms. The second kappa shape index (κ2) is 7.54. The normalized spacial score (nSPS) is 12.2. The maximum atomic E-state index is 15.5. The third-order valence-electron chi connectivity index (χ3n) is 4.22. The SMILES string of the molecule is CS(=O)(=O)NCc1ccc(-c2nnc(C(F)F)o2)c(-c2ccc3ncoc3c2)c1F. The molecule has 4 aromatic rings. The van der Waals surface area contributed by atoms with Crippen molar-refractivity contribution in [2.75, 3.05) is 6.26 Å². The Bertz CT molecular complexity index is 1330. The molecule has 30 heavy (non-hydrogen) atoms. The molecular formula is C18H13F3N4O4S. The standard InChI is InChI=1S/C18H13F3N4O4S/c1-30(26,27)23-7-10-2-4-11(17-24-25-18(29-17)16(20)21)14(15(10)19)9-3-5-12-13(6-9)28-8-22-12/h2-6,8,16,23H,7H2,1H3. The zero-order valence-electron chi connectivity index (χ0n) is 15.3. The number of sulfonamides is 1. The van der Waals surface area contributed by atoms with Crippen LogP contribution >= 0.6 is 0 Å². The number of halogens is 3. The van der Waals surface area contributed by atoms with Crippen LogP contribution in [0, 0.1) is 5.82 Å². The number of fused-ring (bicyclic) bond motifs is 1. The number of rotatable bonds is 6. The van der Waals surface area contributed by atoms with E-state index in [0.29, 0.717) is 16.7 Å². The number of benzene rings is 2. The average Bonchev–Trinajstić information content (AvgIpc) is 3.35. The fourth-order valence-electron chi connectivity index (χ4n) is 2.87. The first-order chi connectivity index (χ1) is 14.2. The highest BCUT2D eigenvalue weighted by Gasteiger charge is 2.23. The molecule has 8 nitrogen and oxygen atoms in total. The van der Waals surface area contributed by atoms with Crippen LogP contribution in [0.5, 0.6) is 0 Å². The molecule has 0 unspecified atom stereocenters. The Morgan fingerprint density at radius 2 is 1.97 bits per heavy atom. The lowest BCUT2D eigenvalue weighted by molar-refractivity contribution is 0.116. The zero-order chi connectivity index (χ0) is 21.5. The number of hydrogen-bond acceptors (Lipinski definition) is 7. The van der Waals surface area contributed by atoms with E-state index in [1.165, 1.54) is 24.6 Å². The molecule has 0 saturated carbocycles. The molecule has 0 saturated heterocycles. The van der Waals surface area contributed by atoms with Crippen molar-refractivity contribution in [1.82, 2.24) is 19.9 Å². The van der Waals surface area contributed by atoms with Gasteiger partial charge in [-0.2, -0.15) is 8.78 Å². The minimum Gasteiger partial charge on any atom is -0.443 e. The van der Waals surface area contributed by atoms with Crippen molar-refractivity contribution in [1.29, 1.82) is 0 Å². The van der Waals surface area contributed by atoms with Gasteiger partial charge in [0.15, 0.2) is 12.0 Å². The number of aromatic nitrogens is 3. The van der Waals surface area contributed by atoms with Crippen molar-refractivity contribution in [3.05, 3.63) is 54.0 Å². The van der Waals surface area contributed by atoms with Gasteiger partial charge >= 0.3 is 6.43 Å². The smallest absolute Gasteiger partial charge is 0.314 e. The topological polar surface area (TPSA) is 111 Å². The van der Waals surface area contributed by atoms with E-state index in [4.69, 9.17) is 8.83 Å². The van der Waals surface area contributed by atoms with Gasteiger partial charge < -0.3 is 8.83 Å². The highest BCUT2D eigenvalue weighted by atomic mass is 32.2. The van der Waals surface area contributed by atoms with Crippen LogP contribution in [0.3, 0.4) is 0 Å². The van der Waals surface area contributed by atoms with Gasteiger partial charge in [-0.3, -0.25) is 0 Å². The summed E-state index contributed by atoms with van der Waals surface area (Å²) >= 11 is 0. The third-order valence-corrected chi connectivity index (χ3v) is 4.89. The Kier molecular flexibility index (Phi) is 5.03. The lowest BCUT2D eigenvalue weighted by Crippen LogP contribution is -2.22. The van der Waals surface area contributed by atoms with Crippen molar-refractivity contribution in [2.24, 2.45) is 0 Å². The average molecular weight is 438 g/mol. The van der Waals surface area contributed by atoms with Crippen LogP contribution in [0.15, 0.2) is 45.6 Å². The molecule has 0 aliphatic heterocycles. The molecule has 1 N–H and O–H groups in total. The fraction of sp³-hybridized carbons (Fsp3) is 0.167. The predicted octanol–water partition coefficient (Wildman–Crippen LogP) is 3.67. The van der Waals surface area contributed by atoms with Gasteiger partial charge in [-0.1, -0.05) is 12.1 Å². The van der Waals surface area contributed by atoms with Crippen molar-refractivity contribution >= 4 is 21.1 Å². The highest BCUT2D eigenvalue weighted by Crippen LogP contribution is 2.37. The van der Waals surface area contributed by atoms with Crippen LogP contribution in [-0.4, -0.2) is 29.9 Å². The molecule has 0 amide bonds. The van der Waals surface area contributed by atoms with E-state index in [1.54, 1.807) is 12.1 Å². The molecule has 156 valence electrons. The summed E-state index contributed by atoms with van der Waals surface area (Å²) in [7, 11) is -3.57. The second-order valence-corrected chi connectivity index (χ2v) is 8.17. The second-order valence-electron chi connectivity index (χ2n) is 6.34. The lowest BCUT2D eigenvalue weighted by atomic mass is 9.96. The number of nitrogens with zero attached hydrogens (tertiary/aromatic N) is 3. The molecular weight excluding hydrogens is 425 g/mol. The first-order valence-electron chi connectivity index (χ1n) is 8.44.